The predicted molar refractivity (Wildman–Crippen MR) is 67.8 cm³/mol. The van der Waals surface area contributed by atoms with Crippen molar-refractivity contribution in [3.63, 3.8) is 0 Å². The van der Waals surface area contributed by atoms with Gasteiger partial charge in [-0.15, -0.1) is 11.3 Å². The smallest absolute Gasteiger partial charge is 0.212 e. The van der Waals surface area contributed by atoms with Crippen molar-refractivity contribution in [1.29, 1.82) is 0 Å². The molecule has 2 rings (SSSR count). The van der Waals surface area contributed by atoms with Crippen molar-refractivity contribution in [1.82, 2.24) is 4.98 Å². The van der Waals surface area contributed by atoms with Crippen LogP contribution in [0.3, 0.4) is 0 Å². The summed E-state index contributed by atoms with van der Waals surface area (Å²) in [5.41, 5.74) is 2.79. The molecule has 17 heavy (non-hydrogen) atoms. The molecule has 0 spiro atoms. The number of rotatable bonds is 5. The zero-order valence-electron chi connectivity index (χ0n) is 9.55. The normalized spacial score (nSPS) is 10.2. The van der Waals surface area contributed by atoms with Crippen molar-refractivity contribution >= 4 is 17.1 Å². The minimum Gasteiger partial charge on any atom is -0.494 e. The standard InChI is InChI=1S/C13H13NO2S/c1-2-7-16-11-5-3-10(4-6-11)13(15)12-8-17-9-14-12/h3-6,8-9H,2,7H2,1H3. The van der Waals surface area contributed by atoms with E-state index < -0.39 is 0 Å². The molecule has 0 aliphatic carbocycles. The van der Waals surface area contributed by atoms with Crippen LogP contribution in [-0.2, 0) is 0 Å². The average molecular weight is 247 g/mol. The molecular formula is C13H13NO2S. The van der Waals surface area contributed by atoms with Gasteiger partial charge in [-0.25, -0.2) is 4.98 Å². The minimum absolute atomic E-state index is 0.0479. The van der Waals surface area contributed by atoms with Gasteiger partial charge >= 0.3 is 0 Å². The van der Waals surface area contributed by atoms with Crippen LogP contribution >= 0.6 is 11.3 Å². The molecule has 0 fully saturated rings. The van der Waals surface area contributed by atoms with Crippen LogP contribution < -0.4 is 4.74 Å². The summed E-state index contributed by atoms with van der Waals surface area (Å²) in [5.74, 6) is 0.745. The lowest BCUT2D eigenvalue weighted by Gasteiger charge is -2.04. The Kier molecular flexibility index (Phi) is 3.88. The Labute approximate surface area is 104 Å². The van der Waals surface area contributed by atoms with Crippen LogP contribution in [0.15, 0.2) is 35.2 Å². The number of ketones is 1. The molecule has 0 amide bonds. The van der Waals surface area contributed by atoms with E-state index in [-0.39, 0.29) is 5.78 Å². The van der Waals surface area contributed by atoms with E-state index in [4.69, 9.17) is 4.74 Å². The lowest BCUT2D eigenvalue weighted by Crippen LogP contribution is -2.01. The number of carbonyl (C=O) groups excluding carboxylic acids is 1. The Hall–Kier alpha value is -1.68. The van der Waals surface area contributed by atoms with Gasteiger partial charge < -0.3 is 4.74 Å². The van der Waals surface area contributed by atoms with Crippen molar-refractivity contribution in [2.24, 2.45) is 0 Å². The van der Waals surface area contributed by atoms with E-state index in [2.05, 4.69) is 11.9 Å². The molecule has 2 aromatic rings. The Bertz CT molecular complexity index is 477. The molecule has 0 N–H and O–H groups in total. The van der Waals surface area contributed by atoms with Crippen LogP contribution in [0, 0.1) is 0 Å². The van der Waals surface area contributed by atoms with Gasteiger partial charge in [0.05, 0.1) is 12.1 Å². The van der Waals surface area contributed by atoms with E-state index >= 15 is 0 Å². The molecule has 88 valence electrons. The number of hydrogen-bond acceptors (Lipinski definition) is 4. The lowest BCUT2D eigenvalue weighted by atomic mass is 10.1. The SMILES string of the molecule is CCCOc1ccc(C(=O)c2cscn2)cc1. The largest absolute Gasteiger partial charge is 0.494 e. The van der Waals surface area contributed by atoms with Crippen LogP contribution in [0.1, 0.15) is 29.4 Å². The van der Waals surface area contributed by atoms with E-state index in [1.807, 2.05) is 12.1 Å². The fourth-order valence-corrected chi connectivity index (χ4v) is 1.93. The van der Waals surface area contributed by atoms with Crippen LogP contribution in [0.5, 0.6) is 5.75 Å². The van der Waals surface area contributed by atoms with Crippen LogP contribution in [0.2, 0.25) is 0 Å². The molecule has 1 aromatic carbocycles. The summed E-state index contributed by atoms with van der Waals surface area (Å²) in [4.78, 5) is 15.9. The quantitative estimate of drug-likeness (QED) is 0.762. The first kappa shape index (κ1) is 11.8. The Morgan fingerprint density at radius 3 is 2.71 bits per heavy atom. The predicted octanol–water partition coefficient (Wildman–Crippen LogP) is 3.16. The molecule has 0 unspecified atom stereocenters. The summed E-state index contributed by atoms with van der Waals surface area (Å²) in [7, 11) is 0. The number of thiazole rings is 1. The molecule has 0 atom stereocenters. The van der Waals surface area contributed by atoms with E-state index in [1.54, 1.807) is 23.0 Å². The number of ether oxygens (including phenoxy) is 1. The maximum Gasteiger partial charge on any atom is 0.212 e. The van der Waals surface area contributed by atoms with Gasteiger partial charge in [-0.2, -0.15) is 0 Å². The van der Waals surface area contributed by atoms with E-state index in [0.717, 1.165) is 12.2 Å². The van der Waals surface area contributed by atoms with Crippen molar-refractivity contribution in [3.05, 3.63) is 46.4 Å². The van der Waals surface area contributed by atoms with Crippen LogP contribution in [-0.4, -0.2) is 17.4 Å². The first-order valence-electron chi connectivity index (χ1n) is 5.47. The molecule has 0 aliphatic heterocycles. The highest BCUT2D eigenvalue weighted by molar-refractivity contribution is 7.07. The first-order chi connectivity index (χ1) is 8.31. The molecule has 1 heterocycles. The molecule has 0 bridgehead atoms. The third-order valence-corrected chi connectivity index (χ3v) is 2.84. The zero-order valence-corrected chi connectivity index (χ0v) is 10.4. The molecule has 0 radical (unpaired) electrons. The molecule has 0 aliphatic rings. The highest BCUT2D eigenvalue weighted by Crippen LogP contribution is 2.15. The second-order valence-corrected chi connectivity index (χ2v) is 4.29. The van der Waals surface area contributed by atoms with Crippen molar-refractivity contribution in [2.75, 3.05) is 6.61 Å². The third-order valence-electron chi connectivity index (χ3n) is 2.25. The summed E-state index contributed by atoms with van der Waals surface area (Å²) < 4.78 is 5.46. The summed E-state index contributed by atoms with van der Waals surface area (Å²) in [5, 5.41) is 1.75. The summed E-state index contributed by atoms with van der Waals surface area (Å²) in [6, 6.07) is 7.17. The second kappa shape index (κ2) is 5.59. The van der Waals surface area contributed by atoms with Crippen molar-refractivity contribution < 1.29 is 9.53 Å². The maximum atomic E-state index is 11.9. The summed E-state index contributed by atoms with van der Waals surface area (Å²) in [6.45, 7) is 2.75. The number of nitrogens with zero attached hydrogens (tertiary/aromatic N) is 1. The topological polar surface area (TPSA) is 39.2 Å². The van der Waals surface area contributed by atoms with Crippen molar-refractivity contribution in [2.45, 2.75) is 13.3 Å². The van der Waals surface area contributed by atoms with Gasteiger partial charge in [-0.1, -0.05) is 6.92 Å². The molecule has 0 saturated heterocycles. The monoisotopic (exact) mass is 247 g/mol. The van der Waals surface area contributed by atoms with E-state index in [0.29, 0.717) is 17.9 Å². The fraction of sp³-hybridized carbons (Fsp3) is 0.231. The summed E-state index contributed by atoms with van der Waals surface area (Å²) in [6.07, 6.45) is 0.972. The second-order valence-electron chi connectivity index (χ2n) is 3.58. The maximum absolute atomic E-state index is 11.9. The lowest BCUT2D eigenvalue weighted by molar-refractivity contribution is 0.103. The van der Waals surface area contributed by atoms with Crippen LogP contribution in [0.25, 0.3) is 0 Å². The molecule has 3 nitrogen and oxygen atoms in total. The van der Waals surface area contributed by atoms with E-state index in [9.17, 15) is 4.79 Å². The number of benzene rings is 1. The van der Waals surface area contributed by atoms with Gasteiger partial charge in [-0.05, 0) is 30.7 Å². The Morgan fingerprint density at radius 1 is 1.35 bits per heavy atom. The fourth-order valence-electron chi connectivity index (χ4n) is 1.39. The highest BCUT2D eigenvalue weighted by atomic mass is 32.1. The van der Waals surface area contributed by atoms with Gasteiger partial charge in [0.1, 0.15) is 11.4 Å². The van der Waals surface area contributed by atoms with Gasteiger partial charge in [0.15, 0.2) is 0 Å². The van der Waals surface area contributed by atoms with Crippen molar-refractivity contribution in [3.8, 4) is 5.75 Å². The molecule has 0 saturated carbocycles. The van der Waals surface area contributed by atoms with Crippen LogP contribution in [0.4, 0.5) is 0 Å². The number of carbonyl (C=O) groups is 1. The van der Waals surface area contributed by atoms with E-state index in [1.165, 1.54) is 11.3 Å². The molecule has 4 heteroatoms. The van der Waals surface area contributed by atoms with Gasteiger partial charge in [-0.3, -0.25) is 4.79 Å². The van der Waals surface area contributed by atoms with Gasteiger partial charge in [0.2, 0.25) is 5.78 Å². The zero-order chi connectivity index (χ0) is 12.1. The highest BCUT2D eigenvalue weighted by Gasteiger charge is 2.10. The van der Waals surface area contributed by atoms with Gasteiger partial charge in [0.25, 0.3) is 0 Å². The average Bonchev–Trinajstić information content (AvgIpc) is 2.90. The number of aromatic nitrogens is 1. The first-order valence-corrected chi connectivity index (χ1v) is 6.41. The molecular weight excluding hydrogens is 234 g/mol. The molecule has 1 aromatic heterocycles. The Morgan fingerprint density at radius 2 is 2.12 bits per heavy atom. The number of hydrogen-bond donors (Lipinski definition) is 0. The third kappa shape index (κ3) is 2.91. The summed E-state index contributed by atoms with van der Waals surface area (Å²) >= 11 is 1.42. The Balaban J connectivity index is 2.10. The minimum atomic E-state index is -0.0479. The van der Waals surface area contributed by atoms with Gasteiger partial charge in [0, 0.05) is 10.9 Å².